The van der Waals surface area contributed by atoms with Gasteiger partial charge in [0.1, 0.15) is 0 Å². The Kier molecular flexibility index (Phi) is 3.37. The fourth-order valence-corrected chi connectivity index (χ4v) is 2.79. The van der Waals surface area contributed by atoms with E-state index in [0.29, 0.717) is 28.8 Å². The lowest BCUT2D eigenvalue weighted by Crippen LogP contribution is -1.95. The van der Waals surface area contributed by atoms with Gasteiger partial charge in [0.15, 0.2) is 17.1 Å². The molecule has 0 atom stereocenters. The number of fused-ring (bicyclic) bond motifs is 2. The zero-order chi connectivity index (χ0) is 16.7. The van der Waals surface area contributed by atoms with Crippen LogP contribution < -0.4 is 18.9 Å². The highest BCUT2D eigenvalue weighted by molar-refractivity contribution is 5.83. The maximum atomic E-state index is 5.49. The molecule has 4 rings (SSSR count). The molecule has 0 spiro atoms. The number of aryl methyl sites for hydroxylation is 1. The number of methoxy groups -OCH3 is 2. The smallest absolute Gasteiger partial charge is 0.231 e. The monoisotopic (exact) mass is 324 g/mol. The van der Waals surface area contributed by atoms with Gasteiger partial charge in [-0.1, -0.05) is 0 Å². The van der Waals surface area contributed by atoms with Crippen molar-refractivity contribution >= 4 is 11.0 Å². The van der Waals surface area contributed by atoms with Gasteiger partial charge in [-0.25, -0.2) is 4.98 Å². The van der Waals surface area contributed by atoms with E-state index in [1.807, 2.05) is 37.3 Å². The van der Waals surface area contributed by atoms with Gasteiger partial charge in [0.05, 0.1) is 19.9 Å². The van der Waals surface area contributed by atoms with E-state index in [1.165, 1.54) is 0 Å². The van der Waals surface area contributed by atoms with Gasteiger partial charge < -0.3 is 18.9 Å². The van der Waals surface area contributed by atoms with Crippen LogP contribution in [0.15, 0.2) is 30.3 Å². The van der Waals surface area contributed by atoms with Gasteiger partial charge in [-0.2, -0.15) is 4.98 Å². The number of nitrogens with zero attached hydrogens (tertiary/aromatic N) is 2. The molecular formula is C18H16N2O4. The third kappa shape index (κ3) is 2.27. The summed E-state index contributed by atoms with van der Waals surface area (Å²) in [5.41, 5.74) is 3.39. The molecule has 1 aliphatic heterocycles. The first kappa shape index (κ1) is 14.6. The van der Waals surface area contributed by atoms with Crippen LogP contribution in [0.1, 0.15) is 5.56 Å². The van der Waals surface area contributed by atoms with Crippen molar-refractivity contribution in [3.05, 3.63) is 35.9 Å². The minimum absolute atomic E-state index is 0.193. The Balaban J connectivity index is 1.90. The van der Waals surface area contributed by atoms with Crippen LogP contribution >= 0.6 is 0 Å². The second kappa shape index (κ2) is 5.56. The molecule has 0 saturated carbocycles. The number of ether oxygens (including phenoxy) is 4. The van der Waals surface area contributed by atoms with Crippen molar-refractivity contribution in [2.24, 2.45) is 0 Å². The summed E-state index contributed by atoms with van der Waals surface area (Å²) in [4.78, 5) is 9.11. The van der Waals surface area contributed by atoms with E-state index in [4.69, 9.17) is 18.9 Å². The molecule has 3 heterocycles. The minimum atomic E-state index is 0.193. The third-order valence-electron chi connectivity index (χ3n) is 4.02. The normalized spacial score (nSPS) is 12.5. The molecule has 3 aromatic rings. The second-order valence-electron chi connectivity index (χ2n) is 5.46. The van der Waals surface area contributed by atoms with E-state index >= 15 is 0 Å². The average molecular weight is 324 g/mol. The highest BCUT2D eigenvalue weighted by atomic mass is 16.7. The van der Waals surface area contributed by atoms with Gasteiger partial charge in [0.25, 0.3) is 0 Å². The van der Waals surface area contributed by atoms with Gasteiger partial charge in [-0.05, 0) is 36.8 Å². The topological polar surface area (TPSA) is 62.7 Å². The molecule has 0 aliphatic carbocycles. The largest absolute Gasteiger partial charge is 0.493 e. The molecule has 2 aromatic heterocycles. The molecule has 0 radical (unpaired) electrons. The molecule has 0 fully saturated rings. The number of benzene rings is 1. The van der Waals surface area contributed by atoms with Crippen LogP contribution in [-0.2, 0) is 0 Å². The third-order valence-corrected chi connectivity index (χ3v) is 4.02. The molecule has 6 nitrogen and oxygen atoms in total. The standard InChI is InChI=1S/C18H16N2O4/c1-10-6-13(19-18-12(10)4-5-16(20-18)22-3)11-7-14(21-2)17-15(8-11)23-9-24-17/h4-8H,9H2,1-3H3. The van der Waals surface area contributed by atoms with Crippen molar-refractivity contribution < 1.29 is 18.9 Å². The summed E-state index contributed by atoms with van der Waals surface area (Å²) in [7, 11) is 3.19. The molecule has 6 heteroatoms. The number of pyridine rings is 2. The fraction of sp³-hybridized carbons (Fsp3) is 0.222. The Bertz CT molecular complexity index is 940. The quantitative estimate of drug-likeness (QED) is 0.736. The van der Waals surface area contributed by atoms with Gasteiger partial charge in [0, 0.05) is 17.0 Å². The van der Waals surface area contributed by atoms with Crippen molar-refractivity contribution in [3.63, 3.8) is 0 Å². The zero-order valence-electron chi connectivity index (χ0n) is 13.6. The predicted molar refractivity (Wildman–Crippen MR) is 88.9 cm³/mol. The number of rotatable bonds is 3. The van der Waals surface area contributed by atoms with Gasteiger partial charge in [-0.15, -0.1) is 0 Å². The van der Waals surface area contributed by atoms with Crippen molar-refractivity contribution in [1.29, 1.82) is 0 Å². The average Bonchev–Trinajstić information content (AvgIpc) is 3.08. The van der Waals surface area contributed by atoms with Crippen LogP contribution in [0, 0.1) is 6.92 Å². The van der Waals surface area contributed by atoms with E-state index in [1.54, 1.807) is 14.2 Å². The van der Waals surface area contributed by atoms with Gasteiger partial charge in [-0.3, -0.25) is 0 Å². The Labute approximate surface area is 139 Å². The van der Waals surface area contributed by atoms with Crippen molar-refractivity contribution in [2.75, 3.05) is 21.0 Å². The van der Waals surface area contributed by atoms with E-state index in [-0.39, 0.29) is 6.79 Å². The number of aromatic nitrogens is 2. The van der Waals surface area contributed by atoms with Gasteiger partial charge >= 0.3 is 0 Å². The summed E-state index contributed by atoms with van der Waals surface area (Å²) in [6.07, 6.45) is 0. The Morgan fingerprint density at radius 1 is 1.00 bits per heavy atom. The van der Waals surface area contributed by atoms with E-state index in [2.05, 4.69) is 9.97 Å². The molecular weight excluding hydrogens is 308 g/mol. The van der Waals surface area contributed by atoms with E-state index < -0.39 is 0 Å². The number of hydrogen-bond acceptors (Lipinski definition) is 6. The van der Waals surface area contributed by atoms with Crippen LogP contribution in [0.4, 0.5) is 0 Å². The Morgan fingerprint density at radius 2 is 1.88 bits per heavy atom. The first-order valence-electron chi connectivity index (χ1n) is 7.50. The summed E-state index contributed by atoms with van der Waals surface area (Å²) in [5, 5.41) is 0.993. The minimum Gasteiger partial charge on any atom is -0.493 e. The number of hydrogen-bond donors (Lipinski definition) is 0. The summed E-state index contributed by atoms with van der Waals surface area (Å²) >= 11 is 0. The fourth-order valence-electron chi connectivity index (χ4n) is 2.79. The first-order chi connectivity index (χ1) is 11.7. The van der Waals surface area contributed by atoms with Crippen molar-refractivity contribution in [3.8, 4) is 34.4 Å². The Morgan fingerprint density at radius 3 is 2.67 bits per heavy atom. The molecule has 1 aliphatic rings. The molecule has 0 N–H and O–H groups in total. The molecule has 0 saturated heterocycles. The van der Waals surface area contributed by atoms with E-state index in [9.17, 15) is 0 Å². The summed E-state index contributed by atoms with van der Waals surface area (Å²) in [6, 6.07) is 9.61. The SMILES string of the molecule is COc1ccc2c(C)cc(-c3cc(OC)c4c(c3)OCO4)nc2n1. The highest BCUT2D eigenvalue weighted by Crippen LogP contribution is 2.44. The maximum absolute atomic E-state index is 5.49. The van der Waals surface area contributed by atoms with Crippen LogP contribution in [0.5, 0.6) is 23.1 Å². The van der Waals surface area contributed by atoms with Crippen LogP contribution in [0.2, 0.25) is 0 Å². The molecule has 0 unspecified atom stereocenters. The summed E-state index contributed by atoms with van der Waals surface area (Å²) in [5.74, 6) is 2.44. The molecule has 24 heavy (non-hydrogen) atoms. The second-order valence-corrected chi connectivity index (χ2v) is 5.46. The van der Waals surface area contributed by atoms with Crippen molar-refractivity contribution in [2.45, 2.75) is 6.92 Å². The van der Waals surface area contributed by atoms with Crippen LogP contribution in [0.25, 0.3) is 22.3 Å². The lowest BCUT2D eigenvalue weighted by molar-refractivity contribution is 0.171. The van der Waals surface area contributed by atoms with Crippen LogP contribution in [-0.4, -0.2) is 31.0 Å². The molecule has 122 valence electrons. The molecule has 1 aromatic carbocycles. The summed E-state index contributed by atoms with van der Waals surface area (Å²) in [6.45, 7) is 2.23. The first-order valence-corrected chi connectivity index (χ1v) is 7.50. The van der Waals surface area contributed by atoms with Crippen molar-refractivity contribution in [1.82, 2.24) is 9.97 Å². The van der Waals surface area contributed by atoms with Crippen LogP contribution in [0.3, 0.4) is 0 Å². The van der Waals surface area contributed by atoms with E-state index in [0.717, 1.165) is 22.2 Å². The predicted octanol–water partition coefficient (Wildman–Crippen LogP) is 3.35. The maximum Gasteiger partial charge on any atom is 0.231 e. The lowest BCUT2D eigenvalue weighted by atomic mass is 10.1. The zero-order valence-corrected chi connectivity index (χ0v) is 13.6. The molecule has 0 amide bonds. The Hall–Kier alpha value is -3.02. The lowest BCUT2D eigenvalue weighted by Gasteiger charge is -2.10. The summed E-state index contributed by atoms with van der Waals surface area (Å²) < 4.78 is 21.5. The molecule has 0 bridgehead atoms. The van der Waals surface area contributed by atoms with Gasteiger partial charge in [0.2, 0.25) is 18.4 Å². The highest BCUT2D eigenvalue weighted by Gasteiger charge is 2.21.